The zero-order valence-corrected chi connectivity index (χ0v) is 28.3. The van der Waals surface area contributed by atoms with Crippen molar-refractivity contribution < 1.29 is 0 Å². The molecule has 0 N–H and O–H groups in total. The molecule has 0 aromatic carbocycles. The molecule has 0 saturated heterocycles. The molecule has 1 aliphatic heterocycles. The lowest BCUT2D eigenvalue weighted by molar-refractivity contribution is 0.135. The number of hydrogen-bond acceptors (Lipinski definition) is 2. The lowest BCUT2D eigenvalue weighted by Gasteiger charge is -2.33. The number of nitrogens with zero attached hydrogens (tertiary/aromatic N) is 2. The van der Waals surface area contributed by atoms with Crippen LogP contribution in [0.25, 0.3) is 0 Å². The molecule has 2 nitrogen and oxygen atoms in total. The molecular formula is C38H76N2. The Morgan fingerprint density at radius 1 is 0.325 bits per heavy atom. The van der Waals surface area contributed by atoms with E-state index in [1.54, 1.807) is 0 Å². The fourth-order valence-corrected chi connectivity index (χ4v) is 6.54. The van der Waals surface area contributed by atoms with Gasteiger partial charge in [-0.3, -0.25) is 0 Å². The maximum Gasteiger partial charge on any atom is 0.101 e. The highest BCUT2D eigenvalue weighted by atomic mass is 15.4. The molecule has 0 amide bonds. The monoisotopic (exact) mass is 561 g/mol. The Bertz CT molecular complexity index is 516. The third-order valence-corrected chi connectivity index (χ3v) is 9.32. The molecule has 1 aliphatic rings. The molecule has 0 radical (unpaired) electrons. The Morgan fingerprint density at radius 2 is 0.575 bits per heavy atom. The van der Waals surface area contributed by atoms with Crippen LogP contribution in [0, 0.1) is 0 Å². The van der Waals surface area contributed by atoms with Gasteiger partial charge in [-0.25, -0.2) is 0 Å². The zero-order chi connectivity index (χ0) is 28.8. The predicted octanol–water partition coefficient (Wildman–Crippen LogP) is 13.2. The van der Waals surface area contributed by atoms with Gasteiger partial charge in [0.15, 0.2) is 0 Å². The average Bonchev–Trinajstić information content (AvgIpc) is 3.35. The first-order valence-electron chi connectivity index (χ1n) is 19.0. The van der Waals surface area contributed by atoms with Crippen molar-refractivity contribution in [1.29, 1.82) is 0 Å². The second-order valence-electron chi connectivity index (χ2n) is 13.2. The predicted molar refractivity (Wildman–Crippen MR) is 182 cm³/mol. The van der Waals surface area contributed by atoms with E-state index in [0.29, 0.717) is 6.17 Å². The second kappa shape index (κ2) is 29.8. The van der Waals surface area contributed by atoms with Gasteiger partial charge in [0.25, 0.3) is 0 Å². The van der Waals surface area contributed by atoms with Crippen LogP contribution in [0.15, 0.2) is 12.4 Å². The SMILES string of the molecule is CCCCCCCCCCCCCCCN1C=CN(CCCCCCC)C1CCCCCCCCCCCCC. The van der Waals surface area contributed by atoms with Crippen molar-refractivity contribution in [3.05, 3.63) is 12.4 Å². The van der Waals surface area contributed by atoms with Crippen molar-refractivity contribution in [1.82, 2.24) is 9.80 Å². The van der Waals surface area contributed by atoms with Crippen molar-refractivity contribution in [2.24, 2.45) is 0 Å². The first-order chi connectivity index (χ1) is 19.8. The molecule has 0 aromatic rings. The summed E-state index contributed by atoms with van der Waals surface area (Å²) in [5, 5.41) is 0. The molecule has 2 heteroatoms. The van der Waals surface area contributed by atoms with Crippen molar-refractivity contribution in [2.75, 3.05) is 13.1 Å². The van der Waals surface area contributed by atoms with Gasteiger partial charge in [0.2, 0.25) is 0 Å². The molecule has 0 spiro atoms. The number of hydrogen-bond donors (Lipinski definition) is 0. The van der Waals surface area contributed by atoms with E-state index in [4.69, 9.17) is 0 Å². The molecule has 0 bridgehead atoms. The zero-order valence-electron chi connectivity index (χ0n) is 28.3. The lowest BCUT2D eigenvalue weighted by atomic mass is 10.0. The summed E-state index contributed by atoms with van der Waals surface area (Å²) in [5.41, 5.74) is 0. The minimum absolute atomic E-state index is 0.641. The largest absolute Gasteiger partial charge is 0.356 e. The van der Waals surface area contributed by atoms with Crippen molar-refractivity contribution >= 4 is 0 Å². The van der Waals surface area contributed by atoms with Crippen LogP contribution in [-0.2, 0) is 0 Å². The van der Waals surface area contributed by atoms with E-state index in [2.05, 4.69) is 43.0 Å². The van der Waals surface area contributed by atoms with E-state index >= 15 is 0 Å². The van der Waals surface area contributed by atoms with Crippen molar-refractivity contribution in [2.45, 2.75) is 220 Å². The maximum absolute atomic E-state index is 2.71. The Labute approximate surface area is 254 Å². The molecule has 40 heavy (non-hydrogen) atoms. The summed E-state index contributed by atoms with van der Waals surface area (Å²) in [6, 6.07) is 0. The lowest BCUT2D eigenvalue weighted by Crippen LogP contribution is -2.39. The fraction of sp³-hybridized carbons (Fsp3) is 0.947. The van der Waals surface area contributed by atoms with Gasteiger partial charge in [0.1, 0.15) is 6.17 Å². The molecule has 0 fully saturated rings. The maximum atomic E-state index is 2.71. The topological polar surface area (TPSA) is 6.48 Å². The molecule has 1 heterocycles. The Balaban J connectivity index is 2.17. The number of rotatable bonds is 32. The summed E-state index contributed by atoms with van der Waals surface area (Å²) >= 11 is 0. The molecule has 1 unspecified atom stereocenters. The van der Waals surface area contributed by atoms with Gasteiger partial charge >= 0.3 is 0 Å². The number of unbranched alkanes of at least 4 members (excludes halogenated alkanes) is 26. The second-order valence-corrected chi connectivity index (χ2v) is 13.2. The third-order valence-electron chi connectivity index (χ3n) is 9.32. The van der Waals surface area contributed by atoms with Crippen LogP contribution in [0.4, 0.5) is 0 Å². The van der Waals surface area contributed by atoms with Gasteiger partial charge in [-0.2, -0.15) is 0 Å². The van der Waals surface area contributed by atoms with Gasteiger partial charge in [-0.1, -0.05) is 188 Å². The van der Waals surface area contributed by atoms with Crippen LogP contribution >= 0.6 is 0 Å². The molecule has 0 aliphatic carbocycles. The van der Waals surface area contributed by atoms with Crippen LogP contribution in [0.5, 0.6) is 0 Å². The smallest absolute Gasteiger partial charge is 0.101 e. The molecule has 1 rings (SSSR count). The molecule has 238 valence electrons. The van der Waals surface area contributed by atoms with E-state index in [0.717, 1.165) is 0 Å². The summed E-state index contributed by atoms with van der Waals surface area (Å²) in [6.07, 6.45) is 48.5. The van der Waals surface area contributed by atoms with Gasteiger partial charge in [0, 0.05) is 25.5 Å². The van der Waals surface area contributed by atoms with Gasteiger partial charge in [-0.15, -0.1) is 0 Å². The summed E-state index contributed by atoms with van der Waals surface area (Å²) in [6.45, 7) is 9.47. The first-order valence-corrected chi connectivity index (χ1v) is 19.0. The van der Waals surface area contributed by atoms with E-state index in [1.165, 1.54) is 206 Å². The summed E-state index contributed by atoms with van der Waals surface area (Å²) in [5.74, 6) is 0. The molecule has 0 aromatic heterocycles. The minimum Gasteiger partial charge on any atom is -0.356 e. The van der Waals surface area contributed by atoms with Crippen LogP contribution in [-0.4, -0.2) is 29.1 Å². The normalized spacial score (nSPS) is 15.1. The van der Waals surface area contributed by atoms with E-state index < -0.39 is 0 Å². The van der Waals surface area contributed by atoms with E-state index in [1.807, 2.05) is 0 Å². The molecular weight excluding hydrogens is 484 g/mol. The van der Waals surface area contributed by atoms with Gasteiger partial charge in [-0.05, 0) is 25.7 Å². The molecule has 0 saturated carbocycles. The summed E-state index contributed by atoms with van der Waals surface area (Å²) < 4.78 is 0. The standard InChI is InChI=1S/C38H76N2/c1-4-7-10-13-15-17-19-20-22-24-26-29-32-35-40-37-36-39(34-31-28-12-9-6-3)38(40)33-30-27-25-23-21-18-16-14-11-8-5-2/h36-38H,4-35H2,1-3H3. The van der Waals surface area contributed by atoms with E-state index in [9.17, 15) is 0 Å². The van der Waals surface area contributed by atoms with Crippen LogP contribution in [0.2, 0.25) is 0 Å². The van der Waals surface area contributed by atoms with Gasteiger partial charge < -0.3 is 9.80 Å². The Hall–Kier alpha value is -0.660. The summed E-state index contributed by atoms with van der Waals surface area (Å²) in [4.78, 5) is 5.41. The van der Waals surface area contributed by atoms with Crippen molar-refractivity contribution in [3.63, 3.8) is 0 Å². The Morgan fingerprint density at radius 3 is 0.875 bits per heavy atom. The highest BCUT2D eigenvalue weighted by Gasteiger charge is 2.24. The van der Waals surface area contributed by atoms with Crippen molar-refractivity contribution in [3.8, 4) is 0 Å². The average molecular weight is 561 g/mol. The molecule has 1 atom stereocenters. The minimum atomic E-state index is 0.641. The third kappa shape index (κ3) is 22.0. The fourth-order valence-electron chi connectivity index (χ4n) is 6.54. The highest BCUT2D eigenvalue weighted by Crippen LogP contribution is 2.24. The Kier molecular flexibility index (Phi) is 27.9. The van der Waals surface area contributed by atoms with Gasteiger partial charge in [0.05, 0.1) is 0 Å². The van der Waals surface area contributed by atoms with Crippen LogP contribution in [0.3, 0.4) is 0 Å². The first kappa shape index (κ1) is 37.4. The van der Waals surface area contributed by atoms with E-state index in [-0.39, 0.29) is 0 Å². The quantitative estimate of drug-likeness (QED) is 0.0755. The van der Waals surface area contributed by atoms with Crippen LogP contribution in [0.1, 0.15) is 213 Å². The highest BCUT2D eigenvalue weighted by molar-refractivity contribution is 4.97. The summed E-state index contributed by atoms with van der Waals surface area (Å²) in [7, 11) is 0. The van der Waals surface area contributed by atoms with Crippen LogP contribution < -0.4 is 0 Å².